The summed E-state index contributed by atoms with van der Waals surface area (Å²) in [6, 6.07) is 0. The van der Waals surface area contributed by atoms with Crippen LogP contribution in [0, 0.1) is 13.8 Å². The van der Waals surface area contributed by atoms with Crippen molar-refractivity contribution >= 4 is 11.8 Å². The van der Waals surface area contributed by atoms with Crippen molar-refractivity contribution in [1.29, 1.82) is 0 Å². The van der Waals surface area contributed by atoms with Crippen LogP contribution in [0.4, 0.5) is 0 Å². The number of hydrogen-bond acceptors (Lipinski definition) is 4. The van der Waals surface area contributed by atoms with Gasteiger partial charge in [0.2, 0.25) is 0 Å². The summed E-state index contributed by atoms with van der Waals surface area (Å²) in [5.41, 5.74) is 2.15. The third-order valence-electron chi connectivity index (χ3n) is 4.82. The summed E-state index contributed by atoms with van der Waals surface area (Å²) in [7, 11) is 1.42. The van der Waals surface area contributed by atoms with Gasteiger partial charge in [-0.1, -0.05) is 39.0 Å². The monoisotopic (exact) mass is 350 g/mol. The first kappa shape index (κ1) is 21.5. The maximum atomic E-state index is 12.4. The second-order valence-electron chi connectivity index (χ2n) is 6.83. The van der Waals surface area contributed by atoms with Gasteiger partial charge >= 0.3 is 5.97 Å². The first-order valence-electron chi connectivity index (χ1n) is 9.70. The van der Waals surface area contributed by atoms with Crippen LogP contribution in [0.2, 0.25) is 0 Å². The number of rotatable bonds is 13. The third kappa shape index (κ3) is 7.45. The summed E-state index contributed by atoms with van der Waals surface area (Å²) in [5.74, 6) is 1.53. The molecule has 4 nitrogen and oxygen atoms in total. The lowest BCUT2D eigenvalue weighted by Gasteiger charge is -2.02. The molecule has 0 aliphatic rings. The van der Waals surface area contributed by atoms with Crippen LogP contribution in [0.1, 0.15) is 98.6 Å². The minimum Gasteiger partial charge on any atom is -0.469 e. The number of Topliss-reactive ketones (excluding diaryl/α,β-unsaturated/α-hetero) is 1. The second kappa shape index (κ2) is 11.9. The molecular formula is C21H34O4. The molecule has 142 valence electrons. The predicted octanol–water partition coefficient (Wildman–Crippen LogP) is 5.72. The molecular weight excluding hydrogens is 316 g/mol. The molecule has 25 heavy (non-hydrogen) atoms. The molecule has 1 aromatic rings. The number of esters is 1. The van der Waals surface area contributed by atoms with Gasteiger partial charge in [0.15, 0.2) is 11.5 Å². The van der Waals surface area contributed by atoms with E-state index in [0.29, 0.717) is 18.6 Å². The van der Waals surface area contributed by atoms with E-state index in [4.69, 9.17) is 4.42 Å². The molecule has 0 aromatic carbocycles. The number of unbranched alkanes of at least 4 members (excludes halogenated alkanes) is 6. The Bertz CT molecular complexity index is 542. The van der Waals surface area contributed by atoms with Gasteiger partial charge in [0.25, 0.3) is 0 Å². The molecule has 1 heterocycles. The highest BCUT2D eigenvalue weighted by molar-refractivity contribution is 5.95. The SMILES string of the molecule is CCCCCc1oc(C(=O)CCCCCCCC(=O)OC)c(C)c1C. The normalized spacial score (nSPS) is 10.9. The van der Waals surface area contributed by atoms with Crippen molar-refractivity contribution in [1.82, 2.24) is 0 Å². The quantitative estimate of drug-likeness (QED) is 0.259. The third-order valence-corrected chi connectivity index (χ3v) is 4.82. The summed E-state index contributed by atoms with van der Waals surface area (Å²) in [6.45, 7) is 6.23. The Morgan fingerprint density at radius 3 is 2.16 bits per heavy atom. The Morgan fingerprint density at radius 2 is 1.52 bits per heavy atom. The zero-order valence-corrected chi connectivity index (χ0v) is 16.4. The zero-order chi connectivity index (χ0) is 18.7. The number of furan rings is 1. The van der Waals surface area contributed by atoms with E-state index in [2.05, 4.69) is 18.6 Å². The molecule has 0 saturated carbocycles. The highest BCUT2D eigenvalue weighted by atomic mass is 16.5. The Morgan fingerprint density at radius 1 is 0.880 bits per heavy atom. The molecule has 0 aliphatic heterocycles. The lowest BCUT2D eigenvalue weighted by Crippen LogP contribution is -2.00. The van der Waals surface area contributed by atoms with Crippen molar-refractivity contribution in [3.05, 3.63) is 22.6 Å². The van der Waals surface area contributed by atoms with Crippen LogP contribution in [-0.2, 0) is 16.0 Å². The molecule has 0 bridgehead atoms. The average molecular weight is 350 g/mol. The Kier molecular flexibility index (Phi) is 10.2. The van der Waals surface area contributed by atoms with E-state index in [-0.39, 0.29) is 11.8 Å². The molecule has 0 amide bonds. The maximum Gasteiger partial charge on any atom is 0.305 e. The Balaban J connectivity index is 2.32. The van der Waals surface area contributed by atoms with Crippen LogP contribution in [0.15, 0.2) is 4.42 Å². The van der Waals surface area contributed by atoms with Crippen molar-refractivity contribution in [2.24, 2.45) is 0 Å². The lowest BCUT2D eigenvalue weighted by molar-refractivity contribution is -0.140. The molecule has 4 heteroatoms. The van der Waals surface area contributed by atoms with Crippen LogP contribution < -0.4 is 0 Å². The molecule has 0 N–H and O–H groups in total. The number of aryl methyl sites for hydroxylation is 1. The van der Waals surface area contributed by atoms with Crippen LogP contribution in [0.25, 0.3) is 0 Å². The largest absolute Gasteiger partial charge is 0.469 e. The number of ketones is 1. The number of ether oxygens (including phenoxy) is 1. The van der Waals surface area contributed by atoms with Crippen LogP contribution in [0.3, 0.4) is 0 Å². The van der Waals surface area contributed by atoms with Gasteiger partial charge in [0.05, 0.1) is 7.11 Å². The molecule has 0 spiro atoms. The minimum absolute atomic E-state index is 0.122. The summed E-state index contributed by atoms with van der Waals surface area (Å²) in [5, 5.41) is 0. The minimum atomic E-state index is -0.145. The van der Waals surface area contributed by atoms with Crippen molar-refractivity contribution < 1.29 is 18.7 Å². The Labute approximate surface area is 152 Å². The number of carbonyl (C=O) groups excluding carboxylic acids is 2. The fraction of sp³-hybridized carbons (Fsp3) is 0.714. The summed E-state index contributed by atoms with van der Waals surface area (Å²) in [6.07, 6.45) is 10.2. The van der Waals surface area contributed by atoms with E-state index >= 15 is 0 Å². The molecule has 0 aliphatic carbocycles. The topological polar surface area (TPSA) is 56.5 Å². The first-order valence-corrected chi connectivity index (χ1v) is 9.70. The van der Waals surface area contributed by atoms with Gasteiger partial charge < -0.3 is 9.15 Å². The molecule has 0 radical (unpaired) electrons. The molecule has 1 rings (SSSR count). The van der Waals surface area contributed by atoms with Gasteiger partial charge in [-0.2, -0.15) is 0 Å². The van der Waals surface area contributed by atoms with Gasteiger partial charge in [-0.15, -0.1) is 0 Å². The van der Waals surface area contributed by atoms with E-state index in [9.17, 15) is 9.59 Å². The predicted molar refractivity (Wildman–Crippen MR) is 100 cm³/mol. The number of hydrogen-bond donors (Lipinski definition) is 0. The van der Waals surface area contributed by atoms with Crippen LogP contribution >= 0.6 is 0 Å². The van der Waals surface area contributed by atoms with Crippen molar-refractivity contribution in [3.63, 3.8) is 0 Å². The first-order chi connectivity index (χ1) is 12.0. The van der Waals surface area contributed by atoms with Crippen LogP contribution in [-0.4, -0.2) is 18.9 Å². The lowest BCUT2D eigenvalue weighted by atomic mass is 10.0. The molecule has 0 saturated heterocycles. The van der Waals surface area contributed by atoms with E-state index in [0.717, 1.165) is 61.8 Å². The summed E-state index contributed by atoms with van der Waals surface area (Å²) in [4.78, 5) is 23.4. The van der Waals surface area contributed by atoms with Crippen molar-refractivity contribution in [2.75, 3.05) is 7.11 Å². The second-order valence-corrected chi connectivity index (χ2v) is 6.83. The smallest absolute Gasteiger partial charge is 0.305 e. The van der Waals surface area contributed by atoms with Gasteiger partial charge in [0.1, 0.15) is 5.76 Å². The van der Waals surface area contributed by atoms with Crippen molar-refractivity contribution in [2.45, 2.75) is 91.4 Å². The highest BCUT2D eigenvalue weighted by Gasteiger charge is 2.19. The highest BCUT2D eigenvalue weighted by Crippen LogP contribution is 2.25. The molecule has 1 aromatic heterocycles. The van der Waals surface area contributed by atoms with E-state index in [1.807, 2.05) is 6.92 Å². The van der Waals surface area contributed by atoms with Gasteiger partial charge in [-0.3, -0.25) is 9.59 Å². The standard InChI is InChI=1S/C21H34O4/c1-5-6-10-14-19-16(2)17(3)21(25-19)18(22)13-11-8-7-9-12-15-20(23)24-4/h5-15H2,1-4H3. The van der Waals surface area contributed by atoms with E-state index in [1.165, 1.54) is 20.0 Å². The zero-order valence-electron chi connectivity index (χ0n) is 16.4. The Hall–Kier alpha value is -1.58. The molecule has 0 fully saturated rings. The average Bonchev–Trinajstić information content (AvgIpc) is 2.89. The van der Waals surface area contributed by atoms with E-state index in [1.54, 1.807) is 0 Å². The summed E-state index contributed by atoms with van der Waals surface area (Å²) < 4.78 is 10.5. The molecule has 0 atom stereocenters. The van der Waals surface area contributed by atoms with Crippen molar-refractivity contribution in [3.8, 4) is 0 Å². The molecule has 0 unspecified atom stereocenters. The van der Waals surface area contributed by atoms with Crippen LogP contribution in [0.5, 0.6) is 0 Å². The number of carbonyl (C=O) groups is 2. The van der Waals surface area contributed by atoms with Gasteiger partial charge in [-0.25, -0.2) is 0 Å². The van der Waals surface area contributed by atoms with E-state index < -0.39 is 0 Å². The van der Waals surface area contributed by atoms with Gasteiger partial charge in [-0.05, 0) is 38.7 Å². The fourth-order valence-electron chi connectivity index (χ4n) is 3.00. The number of methoxy groups -OCH3 is 1. The fourth-order valence-corrected chi connectivity index (χ4v) is 3.00. The summed E-state index contributed by atoms with van der Waals surface area (Å²) >= 11 is 0. The maximum absolute atomic E-state index is 12.4. The van der Waals surface area contributed by atoms with Gasteiger partial charge in [0, 0.05) is 24.8 Å².